The van der Waals surface area contributed by atoms with Gasteiger partial charge in [-0.15, -0.1) is 0 Å². The summed E-state index contributed by atoms with van der Waals surface area (Å²) in [6, 6.07) is 0.666. The molecule has 1 aliphatic rings. The predicted molar refractivity (Wildman–Crippen MR) is 60.5 cm³/mol. The highest BCUT2D eigenvalue weighted by Gasteiger charge is 2.25. The van der Waals surface area contributed by atoms with Crippen LogP contribution in [0.3, 0.4) is 0 Å². The van der Waals surface area contributed by atoms with Gasteiger partial charge in [0, 0.05) is 12.6 Å². The first-order chi connectivity index (χ1) is 6.77. The molecule has 0 saturated carbocycles. The molecule has 14 heavy (non-hydrogen) atoms. The number of ether oxygens (including phenoxy) is 1. The van der Waals surface area contributed by atoms with Crippen LogP contribution in [0.1, 0.15) is 39.5 Å². The number of rotatable bonds is 6. The van der Waals surface area contributed by atoms with Crippen LogP contribution < -0.4 is 5.32 Å². The minimum Gasteiger partial charge on any atom is -0.381 e. The average Bonchev–Trinajstić information content (AvgIpc) is 2.67. The molecule has 1 N–H and O–H groups in total. The van der Waals surface area contributed by atoms with E-state index in [1.54, 1.807) is 0 Å². The summed E-state index contributed by atoms with van der Waals surface area (Å²) >= 11 is 0. The number of nitrogens with one attached hydrogen (secondary N) is 1. The summed E-state index contributed by atoms with van der Waals surface area (Å²) in [5.74, 6) is 1.59. The fraction of sp³-hybridized carbons (Fsp3) is 1.00. The Morgan fingerprint density at radius 3 is 2.79 bits per heavy atom. The molecule has 0 radical (unpaired) electrons. The highest BCUT2D eigenvalue weighted by molar-refractivity contribution is 4.79. The zero-order valence-electron chi connectivity index (χ0n) is 9.88. The maximum absolute atomic E-state index is 5.44. The van der Waals surface area contributed by atoms with E-state index in [1.165, 1.54) is 25.7 Å². The van der Waals surface area contributed by atoms with E-state index >= 15 is 0 Å². The second kappa shape index (κ2) is 6.41. The largest absolute Gasteiger partial charge is 0.381 e. The molecular formula is C12H25NO. The van der Waals surface area contributed by atoms with Crippen molar-refractivity contribution in [3.05, 3.63) is 0 Å². The van der Waals surface area contributed by atoms with Crippen molar-refractivity contribution < 1.29 is 4.74 Å². The maximum atomic E-state index is 5.44. The molecule has 1 aliphatic heterocycles. The van der Waals surface area contributed by atoms with Gasteiger partial charge < -0.3 is 10.1 Å². The first-order valence-corrected chi connectivity index (χ1v) is 6.03. The van der Waals surface area contributed by atoms with E-state index in [-0.39, 0.29) is 0 Å². The van der Waals surface area contributed by atoms with Crippen LogP contribution in [0.15, 0.2) is 0 Å². The summed E-state index contributed by atoms with van der Waals surface area (Å²) in [5, 5.41) is 3.45. The van der Waals surface area contributed by atoms with Crippen molar-refractivity contribution in [1.29, 1.82) is 0 Å². The van der Waals surface area contributed by atoms with Crippen LogP contribution >= 0.6 is 0 Å². The third kappa shape index (κ3) is 3.58. The summed E-state index contributed by atoms with van der Waals surface area (Å²) in [7, 11) is 2.08. The fourth-order valence-electron chi connectivity index (χ4n) is 2.46. The van der Waals surface area contributed by atoms with Crippen molar-refractivity contribution in [2.45, 2.75) is 45.6 Å². The molecule has 1 heterocycles. The molecule has 2 nitrogen and oxygen atoms in total. The second-order valence-electron chi connectivity index (χ2n) is 4.65. The van der Waals surface area contributed by atoms with Gasteiger partial charge in [-0.05, 0) is 31.7 Å². The molecular weight excluding hydrogens is 174 g/mol. The molecule has 84 valence electrons. The zero-order chi connectivity index (χ0) is 10.4. The van der Waals surface area contributed by atoms with E-state index in [0.29, 0.717) is 6.04 Å². The van der Waals surface area contributed by atoms with Crippen LogP contribution in [-0.4, -0.2) is 26.3 Å². The highest BCUT2D eigenvalue weighted by atomic mass is 16.5. The molecule has 0 aromatic heterocycles. The topological polar surface area (TPSA) is 21.3 Å². The lowest BCUT2D eigenvalue weighted by molar-refractivity contribution is 0.173. The van der Waals surface area contributed by atoms with Gasteiger partial charge in [-0.3, -0.25) is 0 Å². The standard InChI is InChI=1S/C12H25NO/c1-4-5-10(2)8-12(13-3)11-6-7-14-9-11/h10-13H,4-9H2,1-3H3. The first kappa shape index (κ1) is 12.0. The highest BCUT2D eigenvalue weighted by Crippen LogP contribution is 2.23. The van der Waals surface area contributed by atoms with E-state index in [0.717, 1.165) is 25.0 Å². The van der Waals surface area contributed by atoms with Gasteiger partial charge in [0.05, 0.1) is 6.61 Å². The molecule has 0 spiro atoms. The summed E-state index contributed by atoms with van der Waals surface area (Å²) in [4.78, 5) is 0. The van der Waals surface area contributed by atoms with Crippen molar-refractivity contribution in [2.24, 2.45) is 11.8 Å². The smallest absolute Gasteiger partial charge is 0.0510 e. The summed E-state index contributed by atoms with van der Waals surface area (Å²) < 4.78 is 5.44. The minimum atomic E-state index is 0.666. The Balaban J connectivity index is 2.29. The molecule has 0 aromatic rings. The lowest BCUT2D eigenvalue weighted by Gasteiger charge is -2.24. The fourth-order valence-corrected chi connectivity index (χ4v) is 2.46. The lowest BCUT2D eigenvalue weighted by Crippen LogP contribution is -2.35. The van der Waals surface area contributed by atoms with Gasteiger partial charge in [0.2, 0.25) is 0 Å². The molecule has 0 aromatic carbocycles. The Bertz CT molecular complexity index is 143. The lowest BCUT2D eigenvalue weighted by atomic mass is 9.89. The van der Waals surface area contributed by atoms with Crippen LogP contribution in [0.25, 0.3) is 0 Å². The van der Waals surface area contributed by atoms with Gasteiger partial charge in [0.15, 0.2) is 0 Å². The van der Waals surface area contributed by atoms with E-state index in [9.17, 15) is 0 Å². The summed E-state index contributed by atoms with van der Waals surface area (Å²) in [6.45, 7) is 6.56. The quantitative estimate of drug-likeness (QED) is 0.709. The zero-order valence-corrected chi connectivity index (χ0v) is 9.88. The molecule has 1 saturated heterocycles. The predicted octanol–water partition coefficient (Wildman–Crippen LogP) is 2.44. The van der Waals surface area contributed by atoms with Gasteiger partial charge in [-0.2, -0.15) is 0 Å². The van der Waals surface area contributed by atoms with Crippen LogP contribution in [0.5, 0.6) is 0 Å². The van der Waals surface area contributed by atoms with Crippen LogP contribution in [0.4, 0.5) is 0 Å². The van der Waals surface area contributed by atoms with E-state index in [4.69, 9.17) is 4.74 Å². The van der Waals surface area contributed by atoms with Crippen molar-refractivity contribution in [3.8, 4) is 0 Å². The van der Waals surface area contributed by atoms with E-state index < -0.39 is 0 Å². The number of hydrogen-bond acceptors (Lipinski definition) is 2. The number of hydrogen-bond donors (Lipinski definition) is 1. The molecule has 0 bridgehead atoms. The van der Waals surface area contributed by atoms with Gasteiger partial charge in [-0.25, -0.2) is 0 Å². The third-order valence-electron chi connectivity index (χ3n) is 3.34. The SMILES string of the molecule is CCCC(C)CC(NC)C1CCOC1. The van der Waals surface area contributed by atoms with Crippen LogP contribution in [0, 0.1) is 11.8 Å². The molecule has 3 atom stereocenters. The first-order valence-electron chi connectivity index (χ1n) is 6.03. The van der Waals surface area contributed by atoms with Gasteiger partial charge in [0.25, 0.3) is 0 Å². The molecule has 0 amide bonds. The van der Waals surface area contributed by atoms with Gasteiger partial charge in [0.1, 0.15) is 0 Å². The average molecular weight is 199 g/mol. The van der Waals surface area contributed by atoms with Crippen molar-refractivity contribution in [3.63, 3.8) is 0 Å². The normalized spacial score (nSPS) is 26.4. The Hall–Kier alpha value is -0.0800. The molecule has 1 fully saturated rings. The molecule has 0 aliphatic carbocycles. The van der Waals surface area contributed by atoms with Crippen molar-refractivity contribution in [1.82, 2.24) is 5.32 Å². The molecule has 3 unspecified atom stereocenters. The van der Waals surface area contributed by atoms with Crippen molar-refractivity contribution >= 4 is 0 Å². The Morgan fingerprint density at radius 2 is 2.29 bits per heavy atom. The molecule has 1 rings (SSSR count). The van der Waals surface area contributed by atoms with Crippen molar-refractivity contribution in [2.75, 3.05) is 20.3 Å². The Labute approximate surface area is 88.4 Å². The van der Waals surface area contributed by atoms with E-state index in [2.05, 4.69) is 26.2 Å². The summed E-state index contributed by atoms with van der Waals surface area (Å²) in [6.07, 6.45) is 5.20. The third-order valence-corrected chi connectivity index (χ3v) is 3.34. The van der Waals surface area contributed by atoms with Gasteiger partial charge >= 0.3 is 0 Å². The van der Waals surface area contributed by atoms with Crippen LogP contribution in [-0.2, 0) is 4.74 Å². The Kier molecular flexibility index (Phi) is 5.49. The second-order valence-corrected chi connectivity index (χ2v) is 4.65. The minimum absolute atomic E-state index is 0.666. The monoisotopic (exact) mass is 199 g/mol. The molecule has 2 heteroatoms. The van der Waals surface area contributed by atoms with Gasteiger partial charge in [-0.1, -0.05) is 26.7 Å². The van der Waals surface area contributed by atoms with Crippen LogP contribution in [0.2, 0.25) is 0 Å². The maximum Gasteiger partial charge on any atom is 0.0510 e. The summed E-state index contributed by atoms with van der Waals surface area (Å²) in [5.41, 5.74) is 0. The van der Waals surface area contributed by atoms with E-state index in [1.807, 2.05) is 0 Å². The Morgan fingerprint density at radius 1 is 1.50 bits per heavy atom.